The number of aryl methyl sites for hydroxylation is 2. The first kappa shape index (κ1) is 22.6. The maximum Gasteiger partial charge on any atom is 0.193 e. The third kappa shape index (κ3) is 8.68. The minimum absolute atomic E-state index is 0.0425. The molecular weight excluding hydrogens is 412 g/mol. The first-order valence-electron chi connectivity index (χ1n) is 8.64. The molecule has 0 fully saturated rings. The van der Waals surface area contributed by atoms with Gasteiger partial charge in [0, 0.05) is 12.2 Å². The van der Waals surface area contributed by atoms with E-state index in [1.165, 1.54) is 0 Å². The molecular formula is C20H31BrO2SSi. The summed E-state index contributed by atoms with van der Waals surface area (Å²) >= 11 is 5.14. The van der Waals surface area contributed by atoms with E-state index in [2.05, 4.69) is 68.2 Å². The van der Waals surface area contributed by atoms with E-state index in [0.717, 1.165) is 40.4 Å². The van der Waals surface area contributed by atoms with Crippen LogP contribution in [0.25, 0.3) is 0 Å². The molecule has 1 unspecified atom stereocenters. The monoisotopic (exact) mass is 442 g/mol. The normalized spacial score (nSPS) is 13.2. The molecule has 0 aromatic carbocycles. The van der Waals surface area contributed by atoms with Crippen molar-refractivity contribution < 1.29 is 8.84 Å². The Morgan fingerprint density at radius 3 is 2.60 bits per heavy atom. The van der Waals surface area contributed by atoms with E-state index < -0.39 is 8.32 Å². The largest absolute Gasteiger partial charge is 0.466 e. The third-order valence-corrected chi connectivity index (χ3v) is 10.4. The summed E-state index contributed by atoms with van der Waals surface area (Å²) in [4.78, 5) is 0. The van der Waals surface area contributed by atoms with Crippen LogP contribution in [0.2, 0.25) is 18.1 Å². The van der Waals surface area contributed by atoms with Gasteiger partial charge in [0.2, 0.25) is 0 Å². The Balaban J connectivity index is 2.72. The zero-order valence-corrected chi connectivity index (χ0v) is 19.8. The number of thioether (sulfide) groups is 1. The quantitative estimate of drug-likeness (QED) is 0.258. The number of rotatable bonds is 8. The molecule has 0 saturated carbocycles. The molecule has 0 amide bonds. The Kier molecular flexibility index (Phi) is 9.10. The van der Waals surface area contributed by atoms with Gasteiger partial charge in [0.1, 0.15) is 17.6 Å². The van der Waals surface area contributed by atoms with Crippen LogP contribution in [-0.4, -0.2) is 25.9 Å². The van der Waals surface area contributed by atoms with E-state index in [1.54, 1.807) is 11.8 Å². The Morgan fingerprint density at radius 1 is 1.40 bits per heavy atom. The van der Waals surface area contributed by atoms with Gasteiger partial charge in [0.25, 0.3) is 0 Å². The number of furan rings is 1. The molecule has 25 heavy (non-hydrogen) atoms. The Labute approximate surface area is 167 Å². The molecule has 0 N–H and O–H groups in total. The summed E-state index contributed by atoms with van der Waals surface area (Å²) in [5.74, 6) is 10.3. The fourth-order valence-electron chi connectivity index (χ4n) is 1.95. The van der Waals surface area contributed by atoms with Crippen molar-refractivity contribution in [3.8, 4) is 11.8 Å². The molecule has 1 rings (SSSR count). The van der Waals surface area contributed by atoms with Crippen LogP contribution >= 0.6 is 27.7 Å². The molecule has 0 aliphatic carbocycles. The number of hydrogen-bond donors (Lipinski definition) is 0. The fourth-order valence-corrected chi connectivity index (χ4v) is 4.19. The summed E-state index contributed by atoms with van der Waals surface area (Å²) in [6, 6.07) is 4.05. The van der Waals surface area contributed by atoms with Crippen LogP contribution in [0.3, 0.4) is 0 Å². The minimum Gasteiger partial charge on any atom is -0.466 e. The lowest BCUT2D eigenvalue weighted by Crippen LogP contribution is -2.43. The van der Waals surface area contributed by atoms with Gasteiger partial charge in [-0.25, -0.2) is 0 Å². The molecule has 0 radical (unpaired) electrons. The highest BCUT2D eigenvalue weighted by Gasteiger charge is 2.38. The summed E-state index contributed by atoms with van der Waals surface area (Å²) in [6.07, 6.45) is 1.68. The summed E-state index contributed by atoms with van der Waals surface area (Å²) in [6.45, 7) is 17.2. The van der Waals surface area contributed by atoms with E-state index >= 15 is 0 Å². The van der Waals surface area contributed by atoms with Gasteiger partial charge in [-0.05, 0) is 48.1 Å². The highest BCUT2D eigenvalue weighted by molar-refractivity contribution is 9.11. The fraction of sp³-hybridized carbons (Fsp3) is 0.600. The number of hydrogen-bond acceptors (Lipinski definition) is 3. The predicted octanol–water partition coefficient (Wildman–Crippen LogP) is 6.56. The van der Waals surface area contributed by atoms with Gasteiger partial charge in [-0.15, -0.1) is 11.8 Å². The summed E-state index contributed by atoms with van der Waals surface area (Å²) < 4.78 is 13.2. The molecule has 0 saturated heterocycles. The predicted molar refractivity (Wildman–Crippen MR) is 117 cm³/mol. The molecule has 1 aromatic rings. The van der Waals surface area contributed by atoms with Gasteiger partial charge in [-0.2, -0.15) is 0 Å². The molecule has 0 bridgehead atoms. The zero-order valence-electron chi connectivity index (χ0n) is 16.4. The van der Waals surface area contributed by atoms with Crippen molar-refractivity contribution in [3.63, 3.8) is 0 Å². The van der Waals surface area contributed by atoms with Crippen molar-refractivity contribution in [2.75, 3.05) is 11.5 Å². The van der Waals surface area contributed by atoms with Crippen molar-refractivity contribution in [1.82, 2.24) is 0 Å². The van der Waals surface area contributed by atoms with Gasteiger partial charge in [-0.3, -0.25) is 0 Å². The lowest BCUT2D eigenvalue weighted by atomic mass is 10.2. The summed E-state index contributed by atoms with van der Waals surface area (Å²) in [7, 11) is -1.85. The van der Waals surface area contributed by atoms with Crippen molar-refractivity contribution in [3.05, 3.63) is 34.7 Å². The van der Waals surface area contributed by atoms with Crippen LogP contribution in [0.4, 0.5) is 0 Å². The first-order valence-corrected chi connectivity index (χ1v) is 13.5. The topological polar surface area (TPSA) is 22.4 Å². The Hall–Kier alpha value is -0.413. The molecule has 0 aliphatic rings. The second-order valence-electron chi connectivity index (χ2n) is 7.75. The zero-order chi connectivity index (χ0) is 19.1. The van der Waals surface area contributed by atoms with E-state index in [-0.39, 0.29) is 11.1 Å². The highest BCUT2D eigenvalue weighted by atomic mass is 79.9. The van der Waals surface area contributed by atoms with E-state index in [9.17, 15) is 0 Å². The molecule has 140 valence electrons. The summed E-state index contributed by atoms with van der Waals surface area (Å²) in [5, 5.41) is 0.177. The molecule has 0 spiro atoms. The van der Waals surface area contributed by atoms with Crippen LogP contribution < -0.4 is 0 Å². The van der Waals surface area contributed by atoms with E-state index in [4.69, 9.17) is 8.84 Å². The van der Waals surface area contributed by atoms with Gasteiger partial charge >= 0.3 is 0 Å². The van der Waals surface area contributed by atoms with Crippen molar-refractivity contribution in [2.24, 2.45) is 0 Å². The van der Waals surface area contributed by atoms with Crippen LogP contribution in [-0.2, 0) is 10.8 Å². The minimum atomic E-state index is -1.85. The second kappa shape index (κ2) is 10.1. The highest BCUT2D eigenvalue weighted by Crippen LogP contribution is 2.37. The average molecular weight is 444 g/mol. The average Bonchev–Trinajstić information content (AvgIpc) is 2.88. The van der Waals surface area contributed by atoms with Crippen molar-refractivity contribution in [2.45, 2.75) is 64.8 Å². The number of halogens is 1. The molecule has 1 aromatic heterocycles. The SMILES string of the molecule is C=C(Br)CSCC#CC(CCc1ccc(C)o1)O[Si](C)(C)C(C)(C)C. The standard InChI is InChI=1S/C20H31BrO2SSi/c1-16(21)15-24-14-8-9-19(23-25(6,7)20(3,4)5)13-12-18-11-10-17(2)22-18/h10-11,19H,1,12-15H2,2-7H3. The lowest BCUT2D eigenvalue weighted by molar-refractivity contribution is 0.221. The molecule has 2 nitrogen and oxygen atoms in total. The van der Waals surface area contributed by atoms with Gasteiger partial charge in [-0.1, -0.05) is 55.1 Å². The van der Waals surface area contributed by atoms with Gasteiger partial charge in [0.05, 0.1) is 5.75 Å². The second-order valence-corrected chi connectivity index (χ2v) is 14.6. The van der Waals surface area contributed by atoms with Crippen LogP contribution in [0.15, 0.2) is 27.6 Å². The van der Waals surface area contributed by atoms with Crippen molar-refractivity contribution >= 4 is 36.0 Å². The van der Waals surface area contributed by atoms with Crippen LogP contribution in [0, 0.1) is 18.8 Å². The molecule has 1 heterocycles. The van der Waals surface area contributed by atoms with E-state index in [0.29, 0.717) is 0 Å². The maximum atomic E-state index is 6.55. The Morgan fingerprint density at radius 2 is 2.08 bits per heavy atom. The smallest absolute Gasteiger partial charge is 0.193 e. The first-order chi connectivity index (χ1) is 11.5. The molecule has 1 atom stereocenters. The maximum absolute atomic E-state index is 6.55. The van der Waals surface area contributed by atoms with Gasteiger partial charge in [0.15, 0.2) is 8.32 Å². The molecule has 0 aliphatic heterocycles. The molecule has 5 heteroatoms. The van der Waals surface area contributed by atoms with Crippen molar-refractivity contribution in [1.29, 1.82) is 0 Å². The van der Waals surface area contributed by atoms with E-state index in [1.807, 2.05) is 19.1 Å². The summed E-state index contributed by atoms with van der Waals surface area (Å²) in [5.41, 5.74) is 0. The third-order valence-electron chi connectivity index (χ3n) is 4.39. The van der Waals surface area contributed by atoms with Crippen LogP contribution in [0.5, 0.6) is 0 Å². The Bertz CT molecular complexity index is 620. The van der Waals surface area contributed by atoms with Gasteiger partial charge < -0.3 is 8.84 Å². The lowest BCUT2D eigenvalue weighted by Gasteiger charge is -2.38. The van der Waals surface area contributed by atoms with Crippen LogP contribution in [0.1, 0.15) is 38.7 Å².